The second-order valence-corrected chi connectivity index (χ2v) is 7.07. The Labute approximate surface area is 173 Å². The fraction of sp³-hybridized carbons (Fsp3) is 0.435. The van der Waals surface area contributed by atoms with Gasteiger partial charge in [0.1, 0.15) is 5.75 Å². The molecule has 0 atom stereocenters. The summed E-state index contributed by atoms with van der Waals surface area (Å²) in [5.41, 5.74) is 3.57. The van der Waals surface area contributed by atoms with Crippen molar-refractivity contribution < 1.29 is 14.2 Å². The van der Waals surface area contributed by atoms with Crippen LogP contribution in [0.2, 0.25) is 0 Å². The van der Waals surface area contributed by atoms with Gasteiger partial charge in [0, 0.05) is 33.4 Å². The molecule has 0 aromatic heterocycles. The van der Waals surface area contributed by atoms with Crippen LogP contribution in [0, 0.1) is 0 Å². The molecule has 1 saturated heterocycles. The summed E-state index contributed by atoms with van der Waals surface area (Å²) in [4.78, 5) is 4.29. The van der Waals surface area contributed by atoms with Gasteiger partial charge in [-0.1, -0.05) is 36.4 Å². The number of guanidine groups is 1. The highest BCUT2D eigenvalue weighted by molar-refractivity contribution is 5.79. The molecule has 0 radical (unpaired) electrons. The van der Waals surface area contributed by atoms with E-state index in [-0.39, 0.29) is 0 Å². The van der Waals surface area contributed by atoms with E-state index in [9.17, 15) is 0 Å². The minimum atomic E-state index is 0.324. The molecule has 0 saturated carbocycles. The Bertz CT molecular complexity index is 754. The number of hydrogen-bond acceptors (Lipinski definition) is 4. The predicted octanol–water partition coefficient (Wildman–Crippen LogP) is 3.26. The molecule has 1 aliphatic heterocycles. The van der Waals surface area contributed by atoms with Crippen LogP contribution in [0.5, 0.6) is 5.75 Å². The second-order valence-electron chi connectivity index (χ2n) is 7.07. The van der Waals surface area contributed by atoms with Gasteiger partial charge in [-0.2, -0.15) is 0 Å². The maximum atomic E-state index is 5.98. The van der Waals surface area contributed by atoms with Crippen LogP contribution in [0.3, 0.4) is 0 Å². The van der Waals surface area contributed by atoms with Gasteiger partial charge in [0.25, 0.3) is 0 Å². The molecule has 1 aliphatic rings. The molecule has 29 heavy (non-hydrogen) atoms. The van der Waals surface area contributed by atoms with Crippen molar-refractivity contribution >= 4 is 5.96 Å². The minimum Gasteiger partial charge on any atom is -0.497 e. The first-order chi connectivity index (χ1) is 14.3. The van der Waals surface area contributed by atoms with Crippen molar-refractivity contribution in [2.75, 3.05) is 27.4 Å². The largest absolute Gasteiger partial charge is 0.497 e. The van der Waals surface area contributed by atoms with Crippen LogP contribution >= 0.6 is 0 Å². The lowest BCUT2D eigenvalue weighted by atomic mass is 10.1. The molecule has 1 fully saturated rings. The van der Waals surface area contributed by atoms with Gasteiger partial charge in [-0.3, -0.25) is 4.99 Å². The van der Waals surface area contributed by atoms with Gasteiger partial charge in [0.2, 0.25) is 0 Å². The van der Waals surface area contributed by atoms with Crippen LogP contribution in [0.4, 0.5) is 0 Å². The molecule has 6 nitrogen and oxygen atoms in total. The summed E-state index contributed by atoms with van der Waals surface area (Å²) >= 11 is 0. The van der Waals surface area contributed by atoms with Crippen LogP contribution in [-0.4, -0.2) is 39.4 Å². The normalized spacial score (nSPS) is 15.2. The maximum Gasteiger partial charge on any atom is 0.191 e. The van der Waals surface area contributed by atoms with Crippen LogP contribution in [0.25, 0.3) is 0 Å². The van der Waals surface area contributed by atoms with E-state index >= 15 is 0 Å². The van der Waals surface area contributed by atoms with Crippen molar-refractivity contribution in [1.29, 1.82) is 0 Å². The fourth-order valence-corrected chi connectivity index (χ4v) is 3.15. The highest BCUT2D eigenvalue weighted by Crippen LogP contribution is 2.14. The lowest BCUT2D eigenvalue weighted by molar-refractivity contribution is -0.0390. The average molecular weight is 398 g/mol. The quantitative estimate of drug-likeness (QED) is 0.529. The van der Waals surface area contributed by atoms with Gasteiger partial charge in [0.05, 0.1) is 19.8 Å². The van der Waals surface area contributed by atoms with Gasteiger partial charge in [-0.25, -0.2) is 0 Å². The Balaban J connectivity index is 1.40. The Morgan fingerprint density at radius 1 is 0.931 bits per heavy atom. The highest BCUT2D eigenvalue weighted by atomic mass is 16.5. The molecule has 0 spiro atoms. The highest BCUT2D eigenvalue weighted by Gasteiger charge is 2.13. The topological polar surface area (TPSA) is 64.1 Å². The summed E-state index contributed by atoms with van der Waals surface area (Å²) in [5, 5.41) is 6.68. The Kier molecular flexibility index (Phi) is 8.34. The lowest BCUT2D eigenvalue weighted by Crippen LogP contribution is -2.36. The molecule has 1 heterocycles. The Morgan fingerprint density at radius 3 is 2.03 bits per heavy atom. The lowest BCUT2D eigenvalue weighted by Gasteiger charge is -2.22. The van der Waals surface area contributed by atoms with E-state index in [0.717, 1.165) is 37.8 Å². The van der Waals surface area contributed by atoms with Crippen molar-refractivity contribution in [3.05, 3.63) is 65.2 Å². The second kappa shape index (κ2) is 11.4. The monoisotopic (exact) mass is 397 g/mol. The van der Waals surface area contributed by atoms with Crippen LogP contribution in [0.15, 0.2) is 53.5 Å². The van der Waals surface area contributed by atoms with Crippen molar-refractivity contribution in [2.24, 2.45) is 4.99 Å². The summed E-state index contributed by atoms with van der Waals surface area (Å²) in [6.07, 6.45) is 2.31. The number of ether oxygens (including phenoxy) is 3. The van der Waals surface area contributed by atoms with Crippen molar-refractivity contribution in [3.63, 3.8) is 0 Å². The number of nitrogens with one attached hydrogen (secondary N) is 2. The van der Waals surface area contributed by atoms with E-state index in [1.165, 1.54) is 16.7 Å². The average Bonchev–Trinajstić information content (AvgIpc) is 2.79. The SMILES string of the molecule is CN=C(NCc1ccc(COC2CCOCC2)cc1)NCc1ccc(OC)cc1. The third-order valence-corrected chi connectivity index (χ3v) is 4.98. The molecule has 2 N–H and O–H groups in total. The number of aliphatic imine (C=N–C) groups is 1. The van der Waals surface area contributed by atoms with E-state index in [1.54, 1.807) is 14.2 Å². The standard InChI is InChI=1S/C23H31N3O3/c1-24-23(26-16-19-7-9-21(27-2)10-8-19)25-15-18-3-5-20(6-4-18)17-29-22-11-13-28-14-12-22/h3-10,22H,11-17H2,1-2H3,(H2,24,25,26). The molecule has 2 aromatic carbocycles. The summed E-state index contributed by atoms with van der Waals surface area (Å²) < 4.78 is 16.5. The third-order valence-electron chi connectivity index (χ3n) is 4.98. The molecule has 2 aromatic rings. The number of rotatable bonds is 8. The zero-order valence-corrected chi connectivity index (χ0v) is 17.3. The van der Waals surface area contributed by atoms with E-state index in [0.29, 0.717) is 25.8 Å². The smallest absolute Gasteiger partial charge is 0.191 e. The molecule has 0 unspecified atom stereocenters. The fourth-order valence-electron chi connectivity index (χ4n) is 3.15. The Hall–Kier alpha value is -2.57. The zero-order chi connectivity index (χ0) is 20.3. The van der Waals surface area contributed by atoms with Gasteiger partial charge < -0.3 is 24.8 Å². The summed E-state index contributed by atoms with van der Waals surface area (Å²) in [7, 11) is 3.45. The number of benzene rings is 2. The molecule has 156 valence electrons. The maximum absolute atomic E-state index is 5.98. The molecule has 3 rings (SSSR count). The van der Waals surface area contributed by atoms with Gasteiger partial charge in [-0.05, 0) is 41.7 Å². The van der Waals surface area contributed by atoms with Crippen molar-refractivity contribution in [1.82, 2.24) is 10.6 Å². The first-order valence-electron chi connectivity index (χ1n) is 10.1. The van der Waals surface area contributed by atoms with E-state index in [2.05, 4.69) is 39.9 Å². The summed E-state index contributed by atoms with van der Waals surface area (Å²) in [6, 6.07) is 16.5. The number of methoxy groups -OCH3 is 1. The van der Waals surface area contributed by atoms with Gasteiger partial charge >= 0.3 is 0 Å². The summed E-state index contributed by atoms with van der Waals surface area (Å²) in [5.74, 6) is 1.63. The van der Waals surface area contributed by atoms with E-state index < -0.39 is 0 Å². The Morgan fingerprint density at radius 2 is 1.48 bits per heavy atom. The molecule has 0 amide bonds. The molecule has 0 aliphatic carbocycles. The van der Waals surface area contributed by atoms with Crippen molar-refractivity contribution in [2.45, 2.75) is 38.6 Å². The van der Waals surface area contributed by atoms with Gasteiger partial charge in [-0.15, -0.1) is 0 Å². The molecule has 0 bridgehead atoms. The van der Waals surface area contributed by atoms with Gasteiger partial charge in [0.15, 0.2) is 5.96 Å². The third kappa shape index (κ3) is 7.07. The first kappa shape index (κ1) is 21.1. The molecule has 6 heteroatoms. The van der Waals surface area contributed by atoms with Crippen LogP contribution in [-0.2, 0) is 29.2 Å². The van der Waals surface area contributed by atoms with E-state index in [4.69, 9.17) is 14.2 Å². The predicted molar refractivity (Wildman–Crippen MR) is 115 cm³/mol. The molecular weight excluding hydrogens is 366 g/mol. The van der Waals surface area contributed by atoms with Crippen LogP contribution < -0.4 is 15.4 Å². The molecular formula is C23H31N3O3. The minimum absolute atomic E-state index is 0.324. The first-order valence-corrected chi connectivity index (χ1v) is 10.1. The van der Waals surface area contributed by atoms with Crippen LogP contribution in [0.1, 0.15) is 29.5 Å². The summed E-state index contributed by atoms with van der Waals surface area (Å²) in [6.45, 7) is 3.69. The van der Waals surface area contributed by atoms with E-state index in [1.807, 2.05) is 24.3 Å². The zero-order valence-electron chi connectivity index (χ0n) is 17.3. The van der Waals surface area contributed by atoms with Crippen molar-refractivity contribution in [3.8, 4) is 5.75 Å². The number of nitrogens with zero attached hydrogens (tertiary/aromatic N) is 1. The number of hydrogen-bond donors (Lipinski definition) is 2.